The maximum Gasteiger partial charge on any atom is 0.243 e. The smallest absolute Gasteiger partial charge is 0.243 e. The van der Waals surface area contributed by atoms with Gasteiger partial charge >= 0.3 is 0 Å². The van der Waals surface area contributed by atoms with Crippen LogP contribution >= 0.6 is 0 Å². The van der Waals surface area contributed by atoms with Crippen LogP contribution in [0.5, 0.6) is 0 Å². The normalized spacial score (nSPS) is 18.3. The van der Waals surface area contributed by atoms with Gasteiger partial charge in [0.05, 0.1) is 4.90 Å². The molecule has 0 bridgehead atoms. The first-order valence-corrected chi connectivity index (χ1v) is 10.7. The molecule has 1 saturated heterocycles. The van der Waals surface area contributed by atoms with E-state index in [2.05, 4.69) is 5.32 Å². The molecule has 6 heteroatoms. The lowest BCUT2D eigenvalue weighted by Crippen LogP contribution is -2.49. The van der Waals surface area contributed by atoms with E-state index in [-0.39, 0.29) is 10.8 Å². The summed E-state index contributed by atoms with van der Waals surface area (Å²) in [7, 11) is -3.71. The summed E-state index contributed by atoms with van der Waals surface area (Å²) >= 11 is 0. The van der Waals surface area contributed by atoms with Crippen molar-refractivity contribution in [2.24, 2.45) is 0 Å². The third-order valence-corrected chi connectivity index (χ3v) is 7.08. The van der Waals surface area contributed by atoms with Crippen LogP contribution in [0, 0.1) is 20.8 Å². The molecule has 1 N–H and O–H groups in total. The van der Waals surface area contributed by atoms with Crippen molar-refractivity contribution in [3.05, 3.63) is 59.2 Å². The van der Waals surface area contributed by atoms with Gasteiger partial charge in [0.15, 0.2) is 0 Å². The van der Waals surface area contributed by atoms with Gasteiger partial charge in [-0.3, -0.25) is 4.79 Å². The Labute approximate surface area is 161 Å². The van der Waals surface area contributed by atoms with E-state index < -0.39 is 16.1 Å². The van der Waals surface area contributed by atoms with Gasteiger partial charge in [-0.05, 0) is 69.0 Å². The van der Waals surface area contributed by atoms with E-state index in [1.165, 1.54) is 4.31 Å². The lowest BCUT2D eigenvalue weighted by Gasteiger charge is -2.33. The van der Waals surface area contributed by atoms with Crippen molar-refractivity contribution in [2.75, 3.05) is 11.9 Å². The molecule has 0 radical (unpaired) electrons. The number of rotatable bonds is 4. The highest BCUT2D eigenvalue weighted by Crippen LogP contribution is 2.27. The van der Waals surface area contributed by atoms with Crippen molar-refractivity contribution < 1.29 is 13.2 Å². The average Bonchev–Trinajstić information content (AvgIpc) is 2.65. The zero-order valence-electron chi connectivity index (χ0n) is 16.0. The fourth-order valence-corrected chi connectivity index (χ4v) is 5.00. The lowest BCUT2D eigenvalue weighted by molar-refractivity contribution is -0.120. The van der Waals surface area contributed by atoms with E-state index in [1.54, 1.807) is 24.3 Å². The molecule has 0 aliphatic carbocycles. The number of amides is 1. The van der Waals surface area contributed by atoms with Crippen molar-refractivity contribution in [3.8, 4) is 0 Å². The number of carbonyl (C=O) groups is 1. The van der Waals surface area contributed by atoms with E-state index in [0.29, 0.717) is 18.7 Å². The minimum Gasteiger partial charge on any atom is -0.325 e. The van der Waals surface area contributed by atoms with Crippen LogP contribution in [0.2, 0.25) is 0 Å². The number of hydrogen-bond acceptors (Lipinski definition) is 3. The summed E-state index contributed by atoms with van der Waals surface area (Å²) in [4.78, 5) is 13.1. The number of nitrogens with zero attached hydrogens (tertiary/aromatic N) is 1. The molecule has 1 aliphatic heterocycles. The van der Waals surface area contributed by atoms with Gasteiger partial charge in [0.25, 0.3) is 0 Å². The summed E-state index contributed by atoms with van der Waals surface area (Å²) in [5.74, 6) is -0.270. The molecule has 1 amide bonds. The van der Waals surface area contributed by atoms with Gasteiger partial charge in [-0.2, -0.15) is 4.31 Å². The molecule has 0 spiro atoms. The first-order chi connectivity index (χ1) is 12.8. The third-order valence-electron chi connectivity index (χ3n) is 5.16. The molecule has 5 nitrogen and oxygen atoms in total. The molecule has 0 aromatic heterocycles. The van der Waals surface area contributed by atoms with E-state index in [4.69, 9.17) is 0 Å². The first kappa shape index (κ1) is 19.6. The maximum atomic E-state index is 13.1. The molecule has 1 heterocycles. The first-order valence-electron chi connectivity index (χ1n) is 9.25. The standard InChI is InChI=1S/C21H26N2O3S/c1-15-7-11-19(12-8-15)27(25,26)23-13-5-4-6-20(23)21(24)22-18-10-9-16(2)17(3)14-18/h7-12,14,20H,4-6,13H2,1-3H3,(H,22,24)/t20-/m1/s1. The van der Waals surface area contributed by atoms with Gasteiger partial charge in [0.1, 0.15) is 6.04 Å². The van der Waals surface area contributed by atoms with Crippen LogP contribution in [-0.2, 0) is 14.8 Å². The minimum absolute atomic E-state index is 0.235. The minimum atomic E-state index is -3.71. The molecule has 0 unspecified atom stereocenters. The van der Waals surface area contributed by atoms with Crippen molar-refractivity contribution in [1.29, 1.82) is 0 Å². The largest absolute Gasteiger partial charge is 0.325 e. The Balaban J connectivity index is 1.85. The predicted molar refractivity (Wildman–Crippen MR) is 107 cm³/mol. The number of sulfonamides is 1. The number of benzene rings is 2. The Bertz CT molecular complexity index is 936. The molecule has 27 heavy (non-hydrogen) atoms. The highest BCUT2D eigenvalue weighted by Gasteiger charge is 2.37. The van der Waals surface area contributed by atoms with Crippen molar-refractivity contribution >= 4 is 21.6 Å². The highest BCUT2D eigenvalue weighted by atomic mass is 32.2. The van der Waals surface area contributed by atoms with E-state index >= 15 is 0 Å². The van der Waals surface area contributed by atoms with Gasteiger partial charge in [0.2, 0.25) is 15.9 Å². The summed E-state index contributed by atoms with van der Waals surface area (Å²) in [5.41, 5.74) is 3.92. The Hall–Kier alpha value is -2.18. The fourth-order valence-electron chi connectivity index (χ4n) is 3.35. The summed E-state index contributed by atoms with van der Waals surface area (Å²) in [6.07, 6.45) is 2.13. The van der Waals surface area contributed by atoms with Gasteiger partial charge in [-0.25, -0.2) is 8.42 Å². The summed E-state index contributed by atoms with van der Waals surface area (Å²) in [6, 6.07) is 11.8. The summed E-state index contributed by atoms with van der Waals surface area (Å²) < 4.78 is 27.6. The van der Waals surface area contributed by atoms with Crippen LogP contribution in [-0.4, -0.2) is 31.2 Å². The van der Waals surface area contributed by atoms with E-state index in [0.717, 1.165) is 29.5 Å². The topological polar surface area (TPSA) is 66.5 Å². The zero-order valence-corrected chi connectivity index (χ0v) is 16.8. The molecule has 0 saturated carbocycles. The van der Waals surface area contributed by atoms with Crippen LogP contribution in [0.1, 0.15) is 36.0 Å². The second-order valence-corrected chi connectivity index (χ2v) is 9.12. The second kappa shape index (κ2) is 7.82. The highest BCUT2D eigenvalue weighted by molar-refractivity contribution is 7.89. The van der Waals surface area contributed by atoms with Crippen molar-refractivity contribution in [3.63, 3.8) is 0 Å². The van der Waals surface area contributed by atoms with Gasteiger partial charge in [0, 0.05) is 12.2 Å². The van der Waals surface area contributed by atoms with E-state index in [1.807, 2.05) is 39.0 Å². The Morgan fingerprint density at radius 1 is 1.00 bits per heavy atom. The molecule has 144 valence electrons. The predicted octanol–water partition coefficient (Wildman–Crippen LogP) is 3.79. The monoisotopic (exact) mass is 386 g/mol. The number of aryl methyl sites for hydroxylation is 3. The molecular weight excluding hydrogens is 360 g/mol. The van der Waals surface area contributed by atoms with Crippen LogP contribution < -0.4 is 5.32 Å². The van der Waals surface area contributed by atoms with Gasteiger partial charge in [-0.1, -0.05) is 30.2 Å². The molecular formula is C21H26N2O3S. The molecule has 1 atom stereocenters. The number of nitrogens with one attached hydrogen (secondary N) is 1. The number of anilines is 1. The zero-order chi connectivity index (χ0) is 19.6. The second-order valence-electron chi connectivity index (χ2n) is 7.23. The summed E-state index contributed by atoms with van der Waals surface area (Å²) in [6.45, 7) is 6.27. The van der Waals surface area contributed by atoms with Crippen LogP contribution in [0.25, 0.3) is 0 Å². The van der Waals surface area contributed by atoms with Crippen LogP contribution in [0.15, 0.2) is 47.4 Å². The number of carbonyl (C=O) groups excluding carboxylic acids is 1. The van der Waals surface area contributed by atoms with Crippen LogP contribution in [0.3, 0.4) is 0 Å². The third kappa shape index (κ3) is 4.22. The van der Waals surface area contributed by atoms with Crippen molar-refractivity contribution in [2.45, 2.75) is 51.0 Å². The van der Waals surface area contributed by atoms with Gasteiger partial charge in [-0.15, -0.1) is 0 Å². The SMILES string of the molecule is Cc1ccc(S(=O)(=O)N2CCCC[C@@H]2C(=O)Nc2ccc(C)c(C)c2)cc1. The maximum absolute atomic E-state index is 13.1. The molecule has 1 aliphatic rings. The van der Waals surface area contributed by atoms with Gasteiger partial charge < -0.3 is 5.32 Å². The Morgan fingerprint density at radius 3 is 2.37 bits per heavy atom. The fraction of sp³-hybridized carbons (Fsp3) is 0.381. The number of hydrogen-bond donors (Lipinski definition) is 1. The molecule has 1 fully saturated rings. The van der Waals surface area contributed by atoms with E-state index in [9.17, 15) is 13.2 Å². The molecule has 2 aromatic rings. The Kier molecular flexibility index (Phi) is 5.67. The summed E-state index contributed by atoms with van der Waals surface area (Å²) in [5, 5.41) is 2.90. The van der Waals surface area contributed by atoms with Crippen LogP contribution in [0.4, 0.5) is 5.69 Å². The molecule has 2 aromatic carbocycles. The van der Waals surface area contributed by atoms with Crippen molar-refractivity contribution in [1.82, 2.24) is 4.31 Å². The lowest BCUT2D eigenvalue weighted by atomic mass is 10.0. The average molecular weight is 387 g/mol. The Morgan fingerprint density at radius 2 is 1.70 bits per heavy atom. The molecule has 3 rings (SSSR count). The quantitative estimate of drug-likeness (QED) is 0.869. The number of piperidine rings is 1.